The zero-order chi connectivity index (χ0) is 22.7. The maximum absolute atomic E-state index is 12.9. The van der Waals surface area contributed by atoms with Crippen molar-refractivity contribution in [1.82, 2.24) is 15.1 Å². The summed E-state index contributed by atoms with van der Waals surface area (Å²) < 4.78 is 6.41. The lowest BCUT2D eigenvalue weighted by Crippen LogP contribution is -2.52. The Kier molecular flexibility index (Phi) is 7.10. The Morgan fingerprint density at radius 2 is 2.03 bits per heavy atom. The summed E-state index contributed by atoms with van der Waals surface area (Å²) in [5, 5.41) is 11.6. The highest BCUT2D eigenvalue weighted by Gasteiger charge is 2.39. The van der Waals surface area contributed by atoms with Gasteiger partial charge in [0.15, 0.2) is 0 Å². The Balaban J connectivity index is 1.44. The van der Waals surface area contributed by atoms with E-state index in [1.54, 1.807) is 11.0 Å². The number of ether oxygens (including phenoxy) is 1. The summed E-state index contributed by atoms with van der Waals surface area (Å²) in [7, 11) is 0. The van der Waals surface area contributed by atoms with Crippen molar-refractivity contribution in [2.75, 3.05) is 19.7 Å². The molecule has 1 saturated carbocycles. The SMILES string of the molecule is CCCN(CCCO)C1CCCC1Oc1ccc2c(c1)CN(C1CCC(=O)NC1=O)C2=O. The van der Waals surface area contributed by atoms with Crippen LogP contribution in [0.25, 0.3) is 0 Å². The Labute approximate surface area is 188 Å². The number of piperidine rings is 1. The molecule has 3 unspecified atom stereocenters. The highest BCUT2D eigenvalue weighted by atomic mass is 16.5. The molecule has 32 heavy (non-hydrogen) atoms. The topological polar surface area (TPSA) is 99.2 Å². The Bertz CT molecular complexity index is 873. The number of nitrogens with one attached hydrogen (secondary N) is 1. The average Bonchev–Trinajstić information content (AvgIpc) is 3.35. The number of benzene rings is 1. The van der Waals surface area contributed by atoms with E-state index in [9.17, 15) is 19.5 Å². The summed E-state index contributed by atoms with van der Waals surface area (Å²) in [4.78, 5) is 40.6. The Hall–Kier alpha value is -2.45. The van der Waals surface area contributed by atoms with E-state index in [1.165, 1.54) is 0 Å². The van der Waals surface area contributed by atoms with Crippen molar-refractivity contribution in [2.45, 2.75) is 76.6 Å². The van der Waals surface area contributed by atoms with Gasteiger partial charge < -0.3 is 14.7 Å². The van der Waals surface area contributed by atoms with E-state index in [0.29, 0.717) is 24.6 Å². The van der Waals surface area contributed by atoms with Gasteiger partial charge in [0.25, 0.3) is 5.91 Å². The lowest BCUT2D eigenvalue weighted by molar-refractivity contribution is -0.136. The summed E-state index contributed by atoms with van der Waals surface area (Å²) >= 11 is 0. The van der Waals surface area contributed by atoms with E-state index in [4.69, 9.17) is 4.74 Å². The van der Waals surface area contributed by atoms with Crippen LogP contribution < -0.4 is 10.1 Å². The van der Waals surface area contributed by atoms with Crippen LogP contribution >= 0.6 is 0 Å². The molecule has 0 radical (unpaired) electrons. The number of rotatable bonds is 9. The first-order chi connectivity index (χ1) is 15.5. The summed E-state index contributed by atoms with van der Waals surface area (Å²) in [6, 6.07) is 5.28. The molecule has 0 spiro atoms. The molecular formula is C24H33N3O5. The van der Waals surface area contributed by atoms with Crippen LogP contribution in [0.5, 0.6) is 5.75 Å². The molecule has 4 rings (SSSR count). The highest BCUT2D eigenvalue weighted by molar-refractivity contribution is 6.05. The molecule has 2 heterocycles. The second-order valence-corrected chi connectivity index (χ2v) is 8.99. The predicted octanol–water partition coefficient (Wildman–Crippen LogP) is 1.84. The van der Waals surface area contributed by atoms with Crippen molar-refractivity contribution in [1.29, 1.82) is 0 Å². The fraction of sp³-hybridized carbons (Fsp3) is 0.625. The van der Waals surface area contributed by atoms with Crippen molar-refractivity contribution in [3.05, 3.63) is 29.3 Å². The van der Waals surface area contributed by atoms with Gasteiger partial charge in [0.2, 0.25) is 11.8 Å². The number of nitrogens with zero attached hydrogens (tertiary/aromatic N) is 2. The minimum atomic E-state index is -0.606. The molecule has 1 aromatic rings. The third-order valence-corrected chi connectivity index (χ3v) is 6.78. The average molecular weight is 444 g/mol. The van der Waals surface area contributed by atoms with Gasteiger partial charge in [-0.15, -0.1) is 0 Å². The first-order valence-electron chi connectivity index (χ1n) is 11.8. The van der Waals surface area contributed by atoms with E-state index in [1.807, 2.05) is 12.1 Å². The second-order valence-electron chi connectivity index (χ2n) is 8.99. The number of carbonyl (C=O) groups is 3. The minimum absolute atomic E-state index is 0.0848. The van der Waals surface area contributed by atoms with Crippen LogP contribution in [-0.4, -0.2) is 70.5 Å². The number of imide groups is 1. The molecule has 3 atom stereocenters. The van der Waals surface area contributed by atoms with Crippen molar-refractivity contribution >= 4 is 17.7 Å². The molecule has 2 aliphatic heterocycles. The molecule has 8 nitrogen and oxygen atoms in total. The summed E-state index contributed by atoms with van der Waals surface area (Å²) in [6.45, 7) is 4.58. The monoisotopic (exact) mass is 443 g/mol. The normalized spacial score (nSPS) is 25.4. The Morgan fingerprint density at radius 1 is 1.19 bits per heavy atom. The first-order valence-corrected chi connectivity index (χ1v) is 11.8. The zero-order valence-corrected chi connectivity index (χ0v) is 18.7. The maximum Gasteiger partial charge on any atom is 0.255 e. The van der Waals surface area contributed by atoms with Crippen LogP contribution in [0.3, 0.4) is 0 Å². The van der Waals surface area contributed by atoms with Crippen LogP contribution in [0.1, 0.15) is 67.8 Å². The van der Waals surface area contributed by atoms with Gasteiger partial charge in [0.05, 0.1) is 0 Å². The summed E-state index contributed by atoms with van der Waals surface area (Å²) in [6.07, 6.45) is 5.71. The first kappa shape index (κ1) is 22.7. The van der Waals surface area contributed by atoms with Crippen molar-refractivity contribution in [2.24, 2.45) is 0 Å². The van der Waals surface area contributed by atoms with Gasteiger partial charge in [0.1, 0.15) is 17.9 Å². The van der Waals surface area contributed by atoms with Crippen LogP contribution in [-0.2, 0) is 16.1 Å². The Morgan fingerprint density at radius 3 is 2.78 bits per heavy atom. The van der Waals surface area contributed by atoms with E-state index < -0.39 is 11.9 Å². The number of hydrogen-bond acceptors (Lipinski definition) is 6. The largest absolute Gasteiger partial charge is 0.489 e. The third kappa shape index (κ3) is 4.66. The fourth-order valence-corrected chi connectivity index (χ4v) is 5.27. The van der Waals surface area contributed by atoms with Gasteiger partial charge in [0, 0.05) is 37.7 Å². The molecule has 2 fully saturated rings. The van der Waals surface area contributed by atoms with Crippen molar-refractivity contribution < 1.29 is 24.2 Å². The van der Waals surface area contributed by atoms with Crippen molar-refractivity contribution in [3.8, 4) is 5.75 Å². The van der Waals surface area contributed by atoms with Crippen molar-refractivity contribution in [3.63, 3.8) is 0 Å². The molecule has 174 valence electrons. The third-order valence-electron chi connectivity index (χ3n) is 6.78. The molecule has 1 aliphatic carbocycles. The number of amides is 3. The van der Waals surface area contributed by atoms with Crippen LogP contribution in [0.15, 0.2) is 18.2 Å². The highest BCUT2D eigenvalue weighted by Crippen LogP contribution is 2.33. The predicted molar refractivity (Wildman–Crippen MR) is 118 cm³/mol. The van der Waals surface area contributed by atoms with Gasteiger partial charge in [-0.25, -0.2) is 0 Å². The summed E-state index contributed by atoms with van der Waals surface area (Å²) in [5.74, 6) is -0.102. The smallest absolute Gasteiger partial charge is 0.255 e. The van der Waals surface area contributed by atoms with E-state index in [-0.39, 0.29) is 30.9 Å². The van der Waals surface area contributed by atoms with Crippen LogP contribution in [0.4, 0.5) is 0 Å². The molecule has 1 saturated heterocycles. The van der Waals surface area contributed by atoms with E-state index >= 15 is 0 Å². The molecular weight excluding hydrogens is 410 g/mol. The van der Waals surface area contributed by atoms with E-state index in [2.05, 4.69) is 17.1 Å². The van der Waals surface area contributed by atoms with Gasteiger partial charge in [-0.1, -0.05) is 6.92 Å². The number of fused-ring (bicyclic) bond motifs is 1. The zero-order valence-electron chi connectivity index (χ0n) is 18.7. The molecule has 2 N–H and O–H groups in total. The van der Waals surface area contributed by atoms with E-state index in [0.717, 1.165) is 56.5 Å². The summed E-state index contributed by atoms with van der Waals surface area (Å²) in [5.41, 5.74) is 1.46. The number of aliphatic hydroxyl groups excluding tert-OH is 1. The standard InChI is InChI=1S/C24H33N3O5/c1-2-11-26(12-4-13-28)19-5-3-6-21(19)32-17-7-8-18-16(14-17)15-27(24(18)31)20-9-10-22(29)25-23(20)30/h7-8,14,19-21,28H,2-6,9-13,15H2,1H3,(H,25,29,30). The number of aliphatic hydroxyl groups is 1. The van der Waals surface area contributed by atoms with Gasteiger partial charge in [-0.2, -0.15) is 0 Å². The van der Waals surface area contributed by atoms with Gasteiger partial charge in [-0.3, -0.25) is 24.6 Å². The lowest BCUT2D eigenvalue weighted by atomic mass is 10.0. The van der Waals surface area contributed by atoms with Crippen LogP contribution in [0.2, 0.25) is 0 Å². The second kappa shape index (κ2) is 10.0. The van der Waals surface area contributed by atoms with Crippen LogP contribution in [0, 0.1) is 0 Å². The van der Waals surface area contributed by atoms with Gasteiger partial charge >= 0.3 is 0 Å². The number of hydrogen-bond donors (Lipinski definition) is 2. The molecule has 1 aromatic carbocycles. The fourth-order valence-electron chi connectivity index (χ4n) is 5.27. The molecule has 3 aliphatic rings. The maximum atomic E-state index is 12.9. The minimum Gasteiger partial charge on any atom is -0.489 e. The molecule has 8 heteroatoms. The molecule has 0 bridgehead atoms. The lowest BCUT2D eigenvalue weighted by Gasteiger charge is -2.33. The molecule has 3 amide bonds. The quantitative estimate of drug-likeness (QED) is 0.565. The number of carbonyl (C=O) groups excluding carboxylic acids is 3. The van der Waals surface area contributed by atoms with Gasteiger partial charge in [-0.05, 0) is 68.8 Å². The molecule has 0 aromatic heterocycles.